The molecule has 3 saturated heterocycles. The lowest BCUT2D eigenvalue weighted by atomic mass is 9.66. The Labute approximate surface area is 495 Å². The number of carboxylic acids is 1. The second-order valence-corrected chi connectivity index (χ2v) is 27.1. The summed E-state index contributed by atoms with van der Waals surface area (Å²) in [7, 11) is -4.05. The van der Waals surface area contributed by atoms with Gasteiger partial charge in [0.2, 0.25) is 33.7 Å². The SMILES string of the molecule is CC(=O)c1c(C)c2cnc(Nc3ccc(N4CCN(C(=O)CCCCCC(=O)N5CCN(S(=O)(=O)CC(N6C(=O)[C@@](C)(CC(=O)O)C[C@H](c7cccc(Cl)c7)[C@H]6c6ccc(Cl)cc6)C(C)(C)C)CC5)CC4)cn3)nc2n(C2CCCC2)c1=O. The average Bonchev–Trinajstić information content (AvgIpc) is 1.88. The van der Waals surface area contributed by atoms with Crippen molar-refractivity contribution in [2.75, 3.05) is 68.3 Å². The third-order valence-corrected chi connectivity index (χ3v) is 19.7. The first kappa shape index (κ1) is 61.1. The second-order valence-electron chi connectivity index (χ2n) is 24.2. The number of likely N-dealkylation sites (tertiary alicyclic amines) is 1. The molecule has 19 nitrogen and oxygen atoms in total. The van der Waals surface area contributed by atoms with Gasteiger partial charge in [0.1, 0.15) is 11.5 Å². The van der Waals surface area contributed by atoms with Crippen molar-refractivity contribution in [2.45, 2.75) is 136 Å². The molecule has 4 fully saturated rings. The number of hydrogen-bond donors (Lipinski definition) is 2. The van der Waals surface area contributed by atoms with Crippen molar-refractivity contribution in [3.05, 3.63) is 116 Å². The fourth-order valence-corrected chi connectivity index (χ4v) is 15.1. The fraction of sp³-hybridized carbons (Fsp3) is 0.525. The predicted molar refractivity (Wildman–Crippen MR) is 321 cm³/mol. The number of benzene rings is 2. The van der Waals surface area contributed by atoms with Crippen LogP contribution in [-0.4, -0.2) is 146 Å². The first-order chi connectivity index (χ1) is 39.4. The molecule has 1 saturated carbocycles. The number of unbranched alkanes of at least 4 members (excludes halogenated alkanes) is 2. The summed E-state index contributed by atoms with van der Waals surface area (Å²) in [5.74, 6) is -1.90. The number of sulfonamides is 1. The number of carboxylic acid groups (broad SMARTS) is 1. The number of ketones is 1. The van der Waals surface area contributed by atoms with Gasteiger partial charge in [-0.1, -0.05) is 94.4 Å². The normalized spacial score (nSPS) is 20.7. The molecule has 5 aromatic rings. The van der Waals surface area contributed by atoms with Crippen molar-refractivity contribution in [3.8, 4) is 0 Å². The number of aryl methyl sites for hydroxylation is 1. The Kier molecular flexibility index (Phi) is 18.7. The Morgan fingerprint density at radius 3 is 2.02 bits per heavy atom. The minimum absolute atomic E-state index is 0.0313. The Bertz CT molecular complexity index is 3410. The lowest BCUT2D eigenvalue weighted by molar-refractivity contribution is -0.162. The van der Waals surface area contributed by atoms with Crippen molar-refractivity contribution in [3.63, 3.8) is 0 Å². The molecular formula is C61H76Cl2N10O9S. The zero-order chi connectivity index (χ0) is 59.5. The first-order valence-corrected chi connectivity index (χ1v) is 31.3. The molecule has 0 radical (unpaired) electrons. The molecule has 2 aromatic carbocycles. The second kappa shape index (κ2) is 25.4. The summed E-state index contributed by atoms with van der Waals surface area (Å²) in [5, 5.41) is 15.0. The maximum absolute atomic E-state index is 15.1. The van der Waals surface area contributed by atoms with Gasteiger partial charge in [-0.2, -0.15) is 9.29 Å². The van der Waals surface area contributed by atoms with Gasteiger partial charge in [-0.15, -0.1) is 0 Å². The van der Waals surface area contributed by atoms with Crippen molar-refractivity contribution in [2.24, 2.45) is 10.8 Å². The number of pyridine rings is 2. The molecule has 83 heavy (non-hydrogen) atoms. The van der Waals surface area contributed by atoms with E-state index in [4.69, 9.17) is 28.2 Å². The van der Waals surface area contributed by atoms with Crippen LogP contribution in [-0.2, 0) is 29.2 Å². The Morgan fingerprint density at radius 1 is 0.807 bits per heavy atom. The van der Waals surface area contributed by atoms with Gasteiger partial charge in [0, 0.05) is 98.8 Å². The van der Waals surface area contributed by atoms with Crippen LogP contribution in [0.15, 0.2) is 77.9 Å². The van der Waals surface area contributed by atoms with Gasteiger partial charge in [-0.3, -0.25) is 33.3 Å². The van der Waals surface area contributed by atoms with E-state index in [1.807, 2.05) is 68.1 Å². The maximum atomic E-state index is 15.1. The van der Waals surface area contributed by atoms with Gasteiger partial charge in [0.05, 0.1) is 47.1 Å². The molecule has 0 spiro atoms. The molecule has 3 amide bonds. The van der Waals surface area contributed by atoms with Crippen LogP contribution in [0, 0.1) is 17.8 Å². The van der Waals surface area contributed by atoms with Crippen LogP contribution in [0.1, 0.15) is 150 Å². The zero-order valence-electron chi connectivity index (χ0n) is 48.3. The Balaban J connectivity index is 0.743. The van der Waals surface area contributed by atoms with Crippen LogP contribution >= 0.6 is 23.2 Å². The van der Waals surface area contributed by atoms with Crippen LogP contribution in [0.4, 0.5) is 17.5 Å². The van der Waals surface area contributed by atoms with Gasteiger partial charge >= 0.3 is 5.97 Å². The number of hydrogen-bond acceptors (Lipinski definition) is 13. The summed E-state index contributed by atoms with van der Waals surface area (Å²) in [6.07, 6.45) is 9.44. The molecule has 1 aliphatic carbocycles. The Morgan fingerprint density at radius 2 is 1.45 bits per heavy atom. The van der Waals surface area contributed by atoms with E-state index in [0.717, 1.165) is 42.5 Å². The molecule has 1 unspecified atom stereocenters. The summed E-state index contributed by atoms with van der Waals surface area (Å²) in [4.78, 5) is 102. The molecular weight excluding hydrogens is 1120 g/mol. The number of aliphatic carboxylic acids is 1. The van der Waals surface area contributed by atoms with Gasteiger partial charge in [0.25, 0.3) is 5.56 Å². The molecule has 6 heterocycles. The topological polar surface area (TPSA) is 229 Å². The number of halogens is 2. The smallest absolute Gasteiger partial charge is 0.304 e. The van der Waals surface area contributed by atoms with Crippen molar-refractivity contribution < 1.29 is 37.5 Å². The average molecular weight is 1200 g/mol. The van der Waals surface area contributed by atoms with E-state index < -0.39 is 62.9 Å². The number of anilines is 3. The van der Waals surface area contributed by atoms with Gasteiger partial charge in [-0.05, 0) is 104 Å². The van der Waals surface area contributed by atoms with Gasteiger partial charge in [0.15, 0.2) is 5.78 Å². The van der Waals surface area contributed by atoms with E-state index in [0.29, 0.717) is 90.3 Å². The molecule has 22 heteroatoms. The lowest BCUT2D eigenvalue weighted by Gasteiger charge is -2.54. The minimum Gasteiger partial charge on any atom is -0.481 e. The molecule has 4 atom stereocenters. The van der Waals surface area contributed by atoms with Crippen LogP contribution in [0.2, 0.25) is 10.0 Å². The largest absolute Gasteiger partial charge is 0.481 e. The number of piperidine rings is 1. The zero-order valence-corrected chi connectivity index (χ0v) is 50.6. The van der Waals surface area contributed by atoms with Crippen LogP contribution in [0.25, 0.3) is 11.0 Å². The maximum Gasteiger partial charge on any atom is 0.304 e. The number of aromatic nitrogens is 4. The minimum atomic E-state index is -4.05. The van der Waals surface area contributed by atoms with E-state index in [1.54, 1.807) is 58.8 Å². The van der Waals surface area contributed by atoms with Crippen LogP contribution in [0.3, 0.4) is 0 Å². The monoisotopic (exact) mass is 1190 g/mol. The summed E-state index contributed by atoms with van der Waals surface area (Å²) >= 11 is 12.9. The quantitative estimate of drug-likeness (QED) is 0.0580. The molecule has 9 rings (SSSR count). The van der Waals surface area contributed by atoms with E-state index in [1.165, 1.54) is 11.2 Å². The standard InChI is InChI=1S/C61H76Cl2N10O9S/c1-39-48-37-65-59(67-56(48)72(45-15-10-11-16-45)57(79)54(39)40(2)74)66-50-24-23-46(36-64-50)68-25-27-69(28-26-68)51(75)17-8-7-9-18-52(76)70-29-31-71(32-30-70)83(81,82)38-49(60(3,4)5)73-55(41-19-21-43(62)22-20-41)47(42-13-12-14-44(63)33-42)34-61(6,58(73)80)35-53(77)78/h12-14,19-24,33,36-37,45,47,49,55H,7-11,15-18,25-32,34-35,38H2,1-6H3,(H,77,78)(H,64,65,66,67)/t47-,49?,55-,61-/m1/s1. The van der Waals surface area contributed by atoms with E-state index in [2.05, 4.69) is 20.2 Å². The van der Waals surface area contributed by atoms with Crippen LogP contribution < -0.4 is 15.8 Å². The van der Waals surface area contributed by atoms with Gasteiger partial charge in [-0.25, -0.2) is 18.4 Å². The third-order valence-electron chi connectivity index (χ3n) is 17.3. The highest BCUT2D eigenvalue weighted by atomic mass is 35.5. The number of carbonyl (C=O) groups is 5. The number of carbonyl (C=O) groups excluding carboxylic acids is 4. The highest BCUT2D eigenvalue weighted by Gasteiger charge is 2.55. The van der Waals surface area contributed by atoms with Crippen molar-refractivity contribution in [1.82, 2.24) is 38.5 Å². The molecule has 4 aliphatic rings. The number of fused-ring (bicyclic) bond motifs is 1. The Hall–Kier alpha value is -6.48. The van der Waals surface area contributed by atoms with Crippen LogP contribution in [0.5, 0.6) is 0 Å². The lowest BCUT2D eigenvalue weighted by Crippen LogP contribution is -2.61. The number of piperazine rings is 2. The van der Waals surface area contributed by atoms with E-state index in [9.17, 15) is 37.5 Å². The van der Waals surface area contributed by atoms with Gasteiger partial charge < -0.3 is 30.0 Å². The number of amides is 3. The molecule has 3 aromatic heterocycles. The molecule has 3 aliphatic heterocycles. The summed E-state index contributed by atoms with van der Waals surface area (Å²) in [6, 6.07) is 16.6. The summed E-state index contributed by atoms with van der Waals surface area (Å²) in [6.45, 7) is 13.5. The number of rotatable bonds is 19. The third kappa shape index (κ3) is 13.7. The summed E-state index contributed by atoms with van der Waals surface area (Å²) in [5.41, 5.74) is 1.22. The molecule has 444 valence electrons. The van der Waals surface area contributed by atoms with Crippen molar-refractivity contribution in [1.29, 1.82) is 0 Å². The van der Waals surface area contributed by atoms with E-state index >= 15 is 4.79 Å². The van der Waals surface area contributed by atoms with Crippen molar-refractivity contribution >= 4 is 91.2 Å². The number of Topliss-reactive ketones (excluding diaryl/α,β-unsaturated/α-hetero) is 1. The first-order valence-electron chi connectivity index (χ1n) is 28.9. The highest BCUT2D eigenvalue weighted by Crippen LogP contribution is 2.53. The summed E-state index contributed by atoms with van der Waals surface area (Å²) < 4.78 is 32.4. The highest BCUT2D eigenvalue weighted by molar-refractivity contribution is 7.89. The van der Waals surface area contributed by atoms with E-state index in [-0.39, 0.29) is 73.8 Å². The number of nitrogens with one attached hydrogen (secondary N) is 1. The molecule has 0 bridgehead atoms. The molecule has 2 N–H and O–H groups in total. The number of nitrogens with zero attached hydrogens (tertiary/aromatic N) is 9. The fourth-order valence-electron chi connectivity index (χ4n) is 12.8. The predicted octanol–water partition coefficient (Wildman–Crippen LogP) is 9.59.